The number of hydrogen-bond donors (Lipinski definition) is 0. The van der Waals surface area contributed by atoms with Gasteiger partial charge in [-0.3, -0.25) is 0 Å². The second-order valence-corrected chi connectivity index (χ2v) is 8.32. The molecular weight excluding hydrogens is 502 g/mol. The standard InChI is InChI=1S/C37H23N3O/c1-4-12-24(13-5-1)33-29-19-11-10-18-27(29)22-32-34(33)30-21-20-28(23-31(30)41-32)37-39-35(25-14-6-2-7-15-25)38-36(40-37)26-16-8-3-9-17-26/h1-23H/i1D,2D,3D,4D,5D,6D,7D,8D,9D,10D,11D,12D,13D,14D,15D,16D,17D,18D,19D,20D,21D,22D,23D. The lowest BCUT2D eigenvalue weighted by Gasteiger charge is -2.09. The van der Waals surface area contributed by atoms with Crippen LogP contribution >= 0.6 is 0 Å². The van der Waals surface area contributed by atoms with Crippen LogP contribution in [-0.4, -0.2) is 15.0 Å². The molecule has 2 heterocycles. The molecule has 8 aromatic rings. The van der Waals surface area contributed by atoms with Crippen LogP contribution < -0.4 is 0 Å². The predicted molar refractivity (Wildman–Crippen MR) is 166 cm³/mol. The smallest absolute Gasteiger partial charge is 0.164 e. The lowest BCUT2D eigenvalue weighted by atomic mass is 9.93. The molecule has 192 valence electrons. The van der Waals surface area contributed by atoms with Crippen molar-refractivity contribution in [2.24, 2.45) is 0 Å². The van der Waals surface area contributed by atoms with Crippen LogP contribution in [-0.2, 0) is 0 Å². The zero-order valence-corrected chi connectivity index (χ0v) is 20.2. The van der Waals surface area contributed by atoms with Crippen LogP contribution in [0.5, 0.6) is 0 Å². The van der Waals surface area contributed by atoms with Crippen molar-refractivity contribution in [3.05, 3.63) is 139 Å². The second kappa shape index (κ2) is 9.54. The van der Waals surface area contributed by atoms with E-state index in [9.17, 15) is 5.48 Å². The lowest BCUT2D eigenvalue weighted by Crippen LogP contribution is -2.00. The highest BCUT2D eigenvalue weighted by Gasteiger charge is 2.18. The fourth-order valence-electron chi connectivity index (χ4n) is 4.24. The molecule has 4 heteroatoms. The molecule has 41 heavy (non-hydrogen) atoms. The normalized spacial score (nSPS) is 19.3. The molecule has 0 amide bonds. The number of benzene rings is 6. The van der Waals surface area contributed by atoms with E-state index >= 15 is 0 Å². The van der Waals surface area contributed by atoms with Gasteiger partial charge in [-0.2, -0.15) is 0 Å². The molecule has 0 N–H and O–H groups in total. The molecule has 0 atom stereocenters. The zero-order valence-electron chi connectivity index (χ0n) is 43.2. The van der Waals surface area contributed by atoms with E-state index in [1.54, 1.807) is 0 Å². The first-order chi connectivity index (χ1) is 29.9. The van der Waals surface area contributed by atoms with E-state index in [1.165, 1.54) is 0 Å². The predicted octanol–water partition coefficient (Wildman–Crippen LogP) is 9.59. The first-order valence-electron chi connectivity index (χ1n) is 23.2. The summed E-state index contributed by atoms with van der Waals surface area (Å²) in [5, 5.41) is -1.96. The van der Waals surface area contributed by atoms with Crippen molar-refractivity contribution in [2.45, 2.75) is 0 Å². The van der Waals surface area contributed by atoms with Gasteiger partial charge in [0.15, 0.2) is 17.5 Å². The monoisotopic (exact) mass is 548 g/mol. The van der Waals surface area contributed by atoms with Crippen LogP contribution in [0.4, 0.5) is 0 Å². The molecule has 6 aromatic carbocycles. The van der Waals surface area contributed by atoms with Crippen molar-refractivity contribution in [3.63, 3.8) is 0 Å². The fourth-order valence-corrected chi connectivity index (χ4v) is 4.24. The van der Waals surface area contributed by atoms with Gasteiger partial charge in [-0.15, -0.1) is 0 Å². The molecule has 2 aromatic heterocycles. The van der Waals surface area contributed by atoms with E-state index in [0.717, 1.165) is 0 Å². The Bertz CT molecular complexity index is 3320. The van der Waals surface area contributed by atoms with E-state index in [2.05, 4.69) is 15.0 Å². The van der Waals surface area contributed by atoms with E-state index < -0.39 is 217 Å². The highest BCUT2D eigenvalue weighted by Crippen LogP contribution is 2.42. The number of hydrogen-bond acceptors (Lipinski definition) is 4. The van der Waals surface area contributed by atoms with Gasteiger partial charge < -0.3 is 4.42 Å². The molecule has 0 bridgehead atoms. The Kier molecular flexibility index (Phi) is 2.28. The maximum absolute atomic E-state index is 9.45. The van der Waals surface area contributed by atoms with Crippen LogP contribution in [0.3, 0.4) is 0 Å². The highest BCUT2D eigenvalue weighted by molar-refractivity contribution is 6.20. The van der Waals surface area contributed by atoms with Crippen molar-refractivity contribution in [2.75, 3.05) is 0 Å². The lowest BCUT2D eigenvalue weighted by molar-refractivity contribution is 0.669. The molecule has 0 fully saturated rings. The summed E-state index contributed by atoms with van der Waals surface area (Å²) in [5.74, 6) is -2.26. The van der Waals surface area contributed by atoms with E-state index in [0.29, 0.717) is 0 Å². The maximum atomic E-state index is 9.45. The maximum Gasteiger partial charge on any atom is 0.164 e. The summed E-state index contributed by atoms with van der Waals surface area (Å²) in [6.45, 7) is 0. The van der Waals surface area contributed by atoms with Crippen molar-refractivity contribution in [3.8, 4) is 45.3 Å². The van der Waals surface area contributed by atoms with Crippen LogP contribution in [0.1, 0.15) is 31.5 Å². The fraction of sp³-hybridized carbons (Fsp3) is 0. The first kappa shape index (κ1) is 9.79. The quantitative estimate of drug-likeness (QED) is 0.220. The Morgan fingerprint density at radius 3 is 1.61 bits per heavy atom. The molecule has 8 rings (SSSR count). The highest BCUT2D eigenvalue weighted by atomic mass is 16.3. The summed E-state index contributed by atoms with van der Waals surface area (Å²) in [7, 11) is 0. The molecular formula is C37H23N3O. The number of rotatable bonds is 4. The van der Waals surface area contributed by atoms with Gasteiger partial charge in [0.05, 0.1) is 31.5 Å². The largest absolute Gasteiger partial charge is 0.456 e. The Balaban J connectivity index is 1.59. The number of aromatic nitrogens is 3. The Hall–Kier alpha value is -5.61. The molecule has 0 unspecified atom stereocenters. The van der Waals surface area contributed by atoms with Gasteiger partial charge in [-0.1, -0.05) is 121 Å². The Morgan fingerprint density at radius 2 is 0.976 bits per heavy atom. The van der Waals surface area contributed by atoms with Crippen molar-refractivity contribution in [1.82, 2.24) is 15.0 Å². The molecule has 0 radical (unpaired) electrons. The Morgan fingerprint density at radius 1 is 0.439 bits per heavy atom. The van der Waals surface area contributed by atoms with Gasteiger partial charge in [0, 0.05) is 33.0 Å². The Labute approximate surface area is 268 Å². The minimum Gasteiger partial charge on any atom is -0.456 e. The third-order valence-corrected chi connectivity index (χ3v) is 5.94. The third-order valence-electron chi connectivity index (χ3n) is 5.94. The topological polar surface area (TPSA) is 51.8 Å². The minimum atomic E-state index is -0.918. The summed E-state index contributed by atoms with van der Waals surface area (Å²) >= 11 is 0. The van der Waals surface area contributed by atoms with Crippen molar-refractivity contribution in [1.29, 1.82) is 0 Å². The van der Waals surface area contributed by atoms with Crippen LogP contribution in [0, 0.1) is 0 Å². The molecule has 0 saturated heterocycles. The van der Waals surface area contributed by atoms with Crippen LogP contribution in [0.2, 0.25) is 0 Å². The zero-order chi connectivity index (χ0) is 47.2. The molecule has 0 aliphatic heterocycles. The third kappa shape index (κ3) is 4.05. The average Bonchev–Trinajstić information content (AvgIpc) is 3.68. The number of furan rings is 1. The van der Waals surface area contributed by atoms with Crippen LogP contribution in [0.25, 0.3) is 78.0 Å². The molecule has 0 aliphatic rings. The molecule has 4 nitrogen and oxygen atoms in total. The average molecular weight is 549 g/mol. The summed E-state index contributed by atoms with van der Waals surface area (Å²) < 4.78 is 204. The summed E-state index contributed by atoms with van der Waals surface area (Å²) in [6.07, 6.45) is 0. The number of nitrogens with zero attached hydrogens (tertiary/aromatic N) is 3. The van der Waals surface area contributed by atoms with Gasteiger partial charge in [-0.05, 0) is 34.5 Å². The van der Waals surface area contributed by atoms with Gasteiger partial charge in [0.25, 0.3) is 0 Å². The van der Waals surface area contributed by atoms with Crippen molar-refractivity contribution < 1.29 is 35.9 Å². The van der Waals surface area contributed by atoms with Crippen molar-refractivity contribution >= 4 is 32.7 Å². The van der Waals surface area contributed by atoms with Gasteiger partial charge in [-0.25, -0.2) is 15.0 Å². The molecule has 0 aliphatic carbocycles. The van der Waals surface area contributed by atoms with E-state index in [-0.39, 0.29) is 0 Å². The molecule has 0 spiro atoms. The summed E-state index contributed by atoms with van der Waals surface area (Å²) in [5.41, 5.74) is -4.39. The van der Waals surface area contributed by atoms with E-state index in [1.807, 2.05) is 0 Å². The minimum absolute atomic E-state index is 0.440. The SMILES string of the molecule is [2H]c1c([2H])c([2H])c(-c2nc(-c3c([2H])c([2H])c([2H])c([2H])c3[2H])nc(-c3c([2H])c([2H])c4c(oc5c([2H])c6c([2H])c([2H])c([2H])c([2H])c6c(-c6c([2H])c([2H])c([2H])c([2H])c6[2H])c54)c3[2H])n2)c([2H])c1[2H]. The van der Waals surface area contributed by atoms with Gasteiger partial charge in [0.1, 0.15) is 11.2 Å². The second-order valence-electron chi connectivity index (χ2n) is 8.32. The summed E-state index contributed by atoms with van der Waals surface area (Å²) in [4.78, 5) is 12.7. The number of fused-ring (bicyclic) bond motifs is 4. The van der Waals surface area contributed by atoms with Gasteiger partial charge in [0.2, 0.25) is 0 Å². The van der Waals surface area contributed by atoms with Crippen LogP contribution in [0.15, 0.2) is 143 Å². The first-order valence-corrected chi connectivity index (χ1v) is 11.7. The molecule has 0 saturated carbocycles. The summed E-state index contributed by atoms with van der Waals surface area (Å²) in [6, 6.07) is -19.1. The van der Waals surface area contributed by atoms with E-state index in [4.69, 9.17) is 30.5 Å². The van der Waals surface area contributed by atoms with Gasteiger partial charge >= 0.3 is 0 Å².